The third kappa shape index (κ3) is 1.39. The van der Waals surface area contributed by atoms with Crippen LogP contribution >= 0.6 is 11.8 Å². The van der Waals surface area contributed by atoms with Crippen LogP contribution in [0.4, 0.5) is 0 Å². The number of nitriles is 1. The van der Waals surface area contributed by atoms with Gasteiger partial charge in [0.1, 0.15) is 11.9 Å². The van der Waals surface area contributed by atoms with Crippen molar-refractivity contribution < 1.29 is 14.5 Å². The number of aromatic nitrogens is 2. The Kier molecular flexibility index (Phi) is 2.64. The van der Waals surface area contributed by atoms with Crippen LogP contribution in [0.25, 0.3) is 0 Å². The van der Waals surface area contributed by atoms with E-state index in [1.807, 2.05) is 0 Å². The predicted octanol–water partition coefficient (Wildman–Crippen LogP) is 0.149. The molecule has 1 atom stereocenters. The summed E-state index contributed by atoms with van der Waals surface area (Å²) in [6.07, 6.45) is 0.328. The van der Waals surface area contributed by atoms with Gasteiger partial charge in [0.05, 0.1) is 19.5 Å². The number of hydrogen-bond donors (Lipinski definition) is 0. The zero-order valence-corrected chi connectivity index (χ0v) is 9.87. The second kappa shape index (κ2) is 3.83. The number of carbonyl (C=O) groups excluding carboxylic acids is 1. The van der Waals surface area contributed by atoms with Crippen molar-refractivity contribution in [2.45, 2.75) is 24.5 Å². The van der Waals surface area contributed by atoms with E-state index < -0.39 is 0 Å². The van der Waals surface area contributed by atoms with Gasteiger partial charge >= 0.3 is 5.16 Å². The normalized spacial score (nSPS) is 18.2. The van der Waals surface area contributed by atoms with Gasteiger partial charge in [0, 0.05) is 12.7 Å². The van der Waals surface area contributed by atoms with E-state index in [1.54, 1.807) is 11.6 Å². The van der Waals surface area contributed by atoms with Crippen LogP contribution in [-0.4, -0.2) is 16.1 Å². The maximum absolute atomic E-state index is 11.8. The van der Waals surface area contributed by atoms with Crippen molar-refractivity contribution in [2.75, 3.05) is 5.75 Å². The molecule has 0 saturated heterocycles. The molecule has 16 heavy (non-hydrogen) atoms. The zero-order valence-electron chi connectivity index (χ0n) is 9.06. The van der Waals surface area contributed by atoms with Crippen molar-refractivity contribution in [3.63, 3.8) is 0 Å². The van der Waals surface area contributed by atoms with Crippen LogP contribution in [0.1, 0.15) is 29.9 Å². The van der Waals surface area contributed by atoms with Crippen molar-refractivity contribution in [2.24, 2.45) is 7.05 Å². The van der Waals surface area contributed by atoms with E-state index in [-0.39, 0.29) is 23.4 Å². The lowest BCUT2D eigenvalue weighted by Crippen LogP contribution is -2.32. The third-order valence-electron chi connectivity index (χ3n) is 2.67. The number of ketones is 1. The molecule has 0 radical (unpaired) electrons. The number of hydrogen-bond acceptors (Lipinski definition) is 4. The molecule has 1 unspecified atom stereocenters. The highest BCUT2D eigenvalue weighted by Gasteiger charge is 2.37. The van der Waals surface area contributed by atoms with E-state index in [9.17, 15) is 9.90 Å². The van der Waals surface area contributed by atoms with E-state index >= 15 is 0 Å². The Hall–Kier alpha value is -1.48. The molecule has 0 bridgehead atoms. The lowest BCUT2D eigenvalue weighted by atomic mass is 10.2. The molecule has 0 N–H and O–H groups in total. The Morgan fingerprint density at radius 2 is 2.50 bits per heavy atom. The van der Waals surface area contributed by atoms with Gasteiger partial charge in [0.25, 0.3) is 0 Å². The van der Waals surface area contributed by atoms with Gasteiger partial charge in [-0.05, 0) is 11.8 Å². The first kappa shape index (κ1) is 11.0. The van der Waals surface area contributed by atoms with Crippen molar-refractivity contribution in [3.8, 4) is 11.9 Å². The maximum atomic E-state index is 11.8. The summed E-state index contributed by atoms with van der Waals surface area (Å²) in [4.78, 5) is 11.5. The Labute approximate surface area is 97.3 Å². The molecule has 1 aliphatic heterocycles. The summed E-state index contributed by atoms with van der Waals surface area (Å²) in [7, 11) is 1.66. The number of fused-ring (bicyclic) bond motifs is 1. The topological polar surface area (TPSA) is 72.7 Å². The molecule has 1 aliphatic rings. The summed E-state index contributed by atoms with van der Waals surface area (Å²) in [5.74, 6) is 0.243. The number of imidazole rings is 1. The first-order valence-corrected chi connectivity index (χ1v) is 5.88. The van der Waals surface area contributed by atoms with Crippen LogP contribution in [0.5, 0.6) is 5.88 Å². The molecule has 6 heteroatoms. The molecule has 0 aliphatic carbocycles. The molecule has 0 saturated carbocycles. The van der Waals surface area contributed by atoms with Crippen LogP contribution in [0.3, 0.4) is 0 Å². The van der Waals surface area contributed by atoms with Crippen molar-refractivity contribution in [1.82, 2.24) is 4.57 Å². The minimum absolute atomic E-state index is 0.0576. The van der Waals surface area contributed by atoms with Gasteiger partial charge in [-0.1, -0.05) is 0 Å². The van der Waals surface area contributed by atoms with Gasteiger partial charge in [-0.25, -0.2) is 9.13 Å². The smallest absolute Gasteiger partial charge is 0.318 e. The molecule has 2 heterocycles. The highest BCUT2D eigenvalue weighted by atomic mass is 32.2. The second-order valence-electron chi connectivity index (χ2n) is 3.75. The Morgan fingerprint density at radius 3 is 3.06 bits per heavy atom. The minimum Gasteiger partial charge on any atom is -0.839 e. The zero-order chi connectivity index (χ0) is 11.9. The lowest BCUT2D eigenvalue weighted by molar-refractivity contribution is -0.745. The molecular weight excluding hydrogens is 226 g/mol. The first-order chi connectivity index (χ1) is 7.57. The predicted molar refractivity (Wildman–Crippen MR) is 55.0 cm³/mol. The van der Waals surface area contributed by atoms with Gasteiger partial charge in [0.15, 0.2) is 0 Å². The van der Waals surface area contributed by atoms with Crippen LogP contribution in [0.15, 0.2) is 5.16 Å². The average molecular weight is 237 g/mol. The highest BCUT2D eigenvalue weighted by molar-refractivity contribution is 7.99. The van der Waals surface area contributed by atoms with Crippen molar-refractivity contribution in [3.05, 3.63) is 5.69 Å². The number of Topliss-reactive ketones (excluding diaryl/α,β-unsaturated/α-hetero) is 1. The molecule has 0 fully saturated rings. The number of rotatable bonds is 2. The van der Waals surface area contributed by atoms with Crippen LogP contribution in [0, 0.1) is 11.3 Å². The fourth-order valence-electron chi connectivity index (χ4n) is 1.93. The van der Waals surface area contributed by atoms with E-state index in [0.29, 0.717) is 6.42 Å². The SMILES string of the molecule is CC(=O)c1c([O-])[n+](C)c2n1C(CC#N)CS2. The van der Waals surface area contributed by atoms with Gasteiger partial charge in [-0.15, -0.1) is 0 Å². The van der Waals surface area contributed by atoms with E-state index in [1.165, 1.54) is 23.3 Å². The molecule has 84 valence electrons. The Morgan fingerprint density at radius 1 is 1.81 bits per heavy atom. The summed E-state index contributed by atoms with van der Waals surface area (Å²) < 4.78 is 3.21. The molecule has 1 aromatic rings. The summed E-state index contributed by atoms with van der Waals surface area (Å²) in [6.45, 7) is 1.39. The van der Waals surface area contributed by atoms with Crippen molar-refractivity contribution in [1.29, 1.82) is 5.26 Å². The molecule has 5 nitrogen and oxygen atoms in total. The van der Waals surface area contributed by atoms with Gasteiger partial charge in [0.2, 0.25) is 11.5 Å². The summed E-state index contributed by atoms with van der Waals surface area (Å²) in [5.41, 5.74) is 0.197. The van der Waals surface area contributed by atoms with Gasteiger partial charge in [-0.3, -0.25) is 4.79 Å². The monoisotopic (exact) mass is 237 g/mol. The number of nitrogens with zero attached hydrogens (tertiary/aromatic N) is 3. The fraction of sp³-hybridized carbons (Fsp3) is 0.500. The third-order valence-corrected chi connectivity index (χ3v) is 3.95. The number of carbonyl (C=O) groups is 1. The van der Waals surface area contributed by atoms with Gasteiger partial charge < -0.3 is 5.11 Å². The van der Waals surface area contributed by atoms with Crippen LogP contribution < -0.4 is 9.67 Å². The molecule has 1 aromatic heterocycles. The Balaban J connectivity index is 2.60. The van der Waals surface area contributed by atoms with E-state index in [2.05, 4.69) is 6.07 Å². The maximum Gasteiger partial charge on any atom is 0.318 e. The quantitative estimate of drug-likeness (QED) is 0.542. The van der Waals surface area contributed by atoms with E-state index in [0.717, 1.165) is 10.9 Å². The molecule has 0 amide bonds. The summed E-state index contributed by atoms with van der Waals surface area (Å²) >= 11 is 1.52. The fourth-order valence-corrected chi connectivity index (χ4v) is 3.20. The summed E-state index contributed by atoms with van der Waals surface area (Å²) in [6, 6.07) is 2.03. The first-order valence-electron chi connectivity index (χ1n) is 4.89. The molecule has 0 spiro atoms. The standard InChI is InChI=1S/C10H11N3O2S/c1-6(14)8-9(15)12(2)10-13(8)7(3-4-11)5-16-10/h7H,3,5H2,1-2H3. The van der Waals surface area contributed by atoms with E-state index in [4.69, 9.17) is 5.26 Å². The summed E-state index contributed by atoms with van der Waals surface area (Å²) in [5, 5.41) is 21.3. The minimum atomic E-state index is -0.266. The number of thioether (sulfide) groups is 1. The highest BCUT2D eigenvalue weighted by Crippen LogP contribution is 2.36. The largest absolute Gasteiger partial charge is 0.839 e. The van der Waals surface area contributed by atoms with Crippen molar-refractivity contribution >= 4 is 17.5 Å². The second-order valence-corrected chi connectivity index (χ2v) is 4.74. The lowest BCUT2D eigenvalue weighted by Gasteiger charge is -2.06. The van der Waals surface area contributed by atoms with Gasteiger partial charge in [-0.2, -0.15) is 5.26 Å². The van der Waals surface area contributed by atoms with Crippen LogP contribution in [-0.2, 0) is 7.05 Å². The van der Waals surface area contributed by atoms with Crippen LogP contribution in [0.2, 0.25) is 0 Å². The molecule has 2 rings (SSSR count). The molecular formula is C10H11N3O2S. The Bertz CT molecular complexity index is 501. The molecule has 0 aromatic carbocycles. The average Bonchev–Trinajstić information content (AvgIpc) is 2.71.